The van der Waals surface area contributed by atoms with Crippen molar-refractivity contribution in [2.24, 2.45) is 0 Å². The highest BCUT2D eigenvalue weighted by Gasteiger charge is 2.43. The molecule has 2 atom stereocenters. The molecule has 3 amide bonds. The largest absolute Gasteiger partial charge is 0.444 e. The van der Waals surface area contributed by atoms with E-state index in [1.165, 1.54) is 0 Å². The minimum Gasteiger partial charge on any atom is -0.444 e. The van der Waals surface area contributed by atoms with Gasteiger partial charge in [0.1, 0.15) is 17.7 Å². The van der Waals surface area contributed by atoms with Gasteiger partial charge in [0, 0.05) is 11.2 Å². The number of anilines is 1. The first kappa shape index (κ1) is 31.2. The highest BCUT2D eigenvalue weighted by atomic mass is 32.2. The summed E-state index contributed by atoms with van der Waals surface area (Å²) in [5.41, 5.74) is 0.887. The Labute approximate surface area is 232 Å². The number of aryl methyl sites for hydroxylation is 1. The van der Waals surface area contributed by atoms with Gasteiger partial charge in [0.05, 0.1) is 0 Å². The van der Waals surface area contributed by atoms with Crippen molar-refractivity contribution in [2.45, 2.75) is 84.5 Å². The molecule has 0 saturated heterocycles. The number of carbonyl (C=O) groups excluding carboxylic acids is 3. The molecule has 0 fully saturated rings. The molecule has 0 aliphatic carbocycles. The molecule has 38 heavy (non-hydrogen) atoms. The number of hydrogen-bond acceptors (Lipinski definition) is 5. The summed E-state index contributed by atoms with van der Waals surface area (Å²) >= 11 is 1.58. The second kappa shape index (κ2) is 13.7. The first-order valence-corrected chi connectivity index (χ1v) is 14.4. The van der Waals surface area contributed by atoms with Crippen LogP contribution in [0.4, 0.5) is 10.5 Å². The zero-order valence-electron chi connectivity index (χ0n) is 24.0. The van der Waals surface area contributed by atoms with Crippen molar-refractivity contribution in [2.75, 3.05) is 17.3 Å². The van der Waals surface area contributed by atoms with Gasteiger partial charge in [0.2, 0.25) is 5.91 Å². The molecule has 2 rings (SSSR count). The number of benzene rings is 2. The smallest absolute Gasteiger partial charge is 0.408 e. The third kappa shape index (κ3) is 8.79. The highest BCUT2D eigenvalue weighted by molar-refractivity contribution is 7.98. The summed E-state index contributed by atoms with van der Waals surface area (Å²) in [4.78, 5) is 42.7. The summed E-state index contributed by atoms with van der Waals surface area (Å²) in [6.45, 7) is 13.1. The quantitative estimate of drug-likeness (QED) is 0.347. The highest BCUT2D eigenvalue weighted by Crippen LogP contribution is 2.33. The first-order chi connectivity index (χ1) is 17.8. The van der Waals surface area contributed by atoms with Crippen molar-refractivity contribution in [3.8, 4) is 0 Å². The van der Waals surface area contributed by atoms with E-state index in [4.69, 9.17) is 4.74 Å². The van der Waals surface area contributed by atoms with Crippen LogP contribution in [0.25, 0.3) is 0 Å². The van der Waals surface area contributed by atoms with Gasteiger partial charge in [-0.1, -0.05) is 55.5 Å². The van der Waals surface area contributed by atoms with E-state index in [1.807, 2.05) is 88.5 Å². The van der Waals surface area contributed by atoms with Crippen molar-refractivity contribution in [3.05, 3.63) is 65.7 Å². The lowest BCUT2D eigenvalue weighted by Gasteiger charge is -2.44. The molecule has 0 radical (unpaired) electrons. The summed E-state index contributed by atoms with van der Waals surface area (Å²) in [5, 5.41) is 5.84. The summed E-state index contributed by atoms with van der Waals surface area (Å²) in [6.07, 6.45) is 2.29. The van der Waals surface area contributed by atoms with Crippen LogP contribution in [0.5, 0.6) is 0 Å². The van der Waals surface area contributed by atoms with Crippen molar-refractivity contribution in [3.63, 3.8) is 0 Å². The maximum Gasteiger partial charge on any atom is 0.408 e. The fraction of sp³-hybridized carbons (Fsp3) is 0.500. The number of nitrogens with zero attached hydrogens (tertiary/aromatic N) is 1. The summed E-state index contributed by atoms with van der Waals surface area (Å²) in [7, 11) is 0. The molecule has 0 spiro atoms. The molecule has 2 aromatic rings. The lowest BCUT2D eigenvalue weighted by atomic mass is 9.91. The van der Waals surface area contributed by atoms with Gasteiger partial charge in [-0.25, -0.2) is 4.79 Å². The molecular formula is C30H43N3O4S. The number of rotatable bonds is 11. The van der Waals surface area contributed by atoms with Crippen molar-refractivity contribution < 1.29 is 19.1 Å². The number of carbonyl (C=O) groups is 3. The van der Waals surface area contributed by atoms with Crippen LogP contribution >= 0.6 is 11.8 Å². The Morgan fingerprint density at radius 3 is 2.13 bits per heavy atom. The third-order valence-electron chi connectivity index (χ3n) is 6.38. The minimum absolute atomic E-state index is 0.318. The monoisotopic (exact) mass is 541 g/mol. The van der Waals surface area contributed by atoms with Crippen LogP contribution in [0.3, 0.4) is 0 Å². The molecule has 0 saturated carbocycles. The first-order valence-electron chi connectivity index (χ1n) is 13.0. The second-order valence-corrected chi connectivity index (χ2v) is 12.0. The normalized spacial score (nSPS) is 13.3. The molecule has 7 nitrogen and oxygen atoms in total. The van der Waals surface area contributed by atoms with Gasteiger partial charge in [0.25, 0.3) is 5.91 Å². The molecule has 2 aromatic carbocycles. The van der Waals surface area contributed by atoms with Gasteiger partial charge in [-0.05, 0) is 83.6 Å². The Kier molecular flexibility index (Phi) is 11.2. The molecule has 208 valence electrons. The van der Waals surface area contributed by atoms with Crippen LogP contribution in [0, 0.1) is 6.92 Å². The van der Waals surface area contributed by atoms with E-state index in [1.54, 1.807) is 37.4 Å². The molecule has 0 bridgehead atoms. The molecule has 2 N–H and O–H groups in total. The Morgan fingerprint density at radius 1 is 0.974 bits per heavy atom. The van der Waals surface area contributed by atoms with Gasteiger partial charge >= 0.3 is 6.09 Å². The summed E-state index contributed by atoms with van der Waals surface area (Å²) in [5.74, 6) is 0.00433. The van der Waals surface area contributed by atoms with E-state index >= 15 is 0 Å². The molecular weight excluding hydrogens is 498 g/mol. The van der Waals surface area contributed by atoms with Crippen LogP contribution in [0.2, 0.25) is 0 Å². The van der Waals surface area contributed by atoms with Gasteiger partial charge in [-0.3, -0.25) is 9.59 Å². The van der Waals surface area contributed by atoms with Crippen molar-refractivity contribution in [1.82, 2.24) is 10.2 Å². The van der Waals surface area contributed by atoms with Crippen molar-refractivity contribution >= 4 is 35.4 Å². The van der Waals surface area contributed by atoms with E-state index in [9.17, 15) is 14.4 Å². The number of nitrogens with one attached hydrogen (secondary N) is 2. The van der Waals surface area contributed by atoms with Crippen LogP contribution in [-0.4, -0.2) is 52.0 Å². The topological polar surface area (TPSA) is 87.7 Å². The second-order valence-electron chi connectivity index (χ2n) is 11.0. The number of alkyl carbamates (subject to hydrolysis) is 1. The van der Waals surface area contributed by atoms with Gasteiger partial charge in [0.15, 0.2) is 0 Å². The van der Waals surface area contributed by atoms with E-state index in [-0.39, 0.29) is 11.8 Å². The molecule has 0 aromatic heterocycles. The van der Waals surface area contributed by atoms with E-state index in [0.717, 1.165) is 5.56 Å². The number of amides is 3. The van der Waals surface area contributed by atoms with Crippen LogP contribution < -0.4 is 10.6 Å². The van der Waals surface area contributed by atoms with E-state index < -0.39 is 29.3 Å². The fourth-order valence-corrected chi connectivity index (χ4v) is 4.49. The average Bonchev–Trinajstić information content (AvgIpc) is 2.85. The number of hydrogen-bond donors (Lipinski definition) is 2. The lowest BCUT2D eigenvalue weighted by Crippen LogP contribution is -2.59. The predicted molar refractivity (Wildman–Crippen MR) is 156 cm³/mol. The summed E-state index contributed by atoms with van der Waals surface area (Å²) < 4.78 is 5.47. The predicted octanol–water partition coefficient (Wildman–Crippen LogP) is 6.34. The maximum atomic E-state index is 14.4. The Balaban J connectivity index is 2.58. The van der Waals surface area contributed by atoms with Crippen LogP contribution in [-0.2, 0) is 14.3 Å². The van der Waals surface area contributed by atoms with Crippen LogP contribution in [0.1, 0.15) is 71.6 Å². The lowest BCUT2D eigenvalue weighted by molar-refractivity contribution is -0.147. The molecule has 2 unspecified atom stereocenters. The Bertz CT molecular complexity index is 1080. The van der Waals surface area contributed by atoms with Crippen LogP contribution in [0.15, 0.2) is 54.6 Å². The maximum absolute atomic E-state index is 14.4. The fourth-order valence-electron chi connectivity index (χ4n) is 4.02. The zero-order chi connectivity index (χ0) is 28.5. The van der Waals surface area contributed by atoms with E-state index in [0.29, 0.717) is 29.8 Å². The van der Waals surface area contributed by atoms with Gasteiger partial charge in [-0.15, -0.1) is 0 Å². The SMILES string of the molecule is CCC(C)(C)N(C(=O)C(CCSC)NC(=O)OC(C)(C)C)C(C(=O)Nc1ccccc1C)c1ccccc1. The number of para-hydroxylation sites is 1. The standard InChI is InChI=1S/C30H43N3O4S/c1-9-30(6,7)33(27(35)24(19-20-38-8)32-28(36)37-29(3,4)5)25(22-16-11-10-12-17-22)26(34)31-23-18-14-13-15-21(23)2/h10-18,24-25H,9,19-20H2,1-8H3,(H,31,34)(H,32,36). The van der Waals surface area contributed by atoms with Crippen molar-refractivity contribution in [1.29, 1.82) is 0 Å². The third-order valence-corrected chi connectivity index (χ3v) is 7.02. The zero-order valence-corrected chi connectivity index (χ0v) is 24.8. The molecule has 8 heteroatoms. The molecule has 0 heterocycles. The summed E-state index contributed by atoms with van der Waals surface area (Å²) in [6, 6.07) is 15.1. The minimum atomic E-state index is -0.921. The Hall–Kier alpha value is -3.00. The Morgan fingerprint density at radius 2 is 1.58 bits per heavy atom. The van der Waals surface area contributed by atoms with Gasteiger partial charge in [-0.2, -0.15) is 11.8 Å². The number of ether oxygens (including phenoxy) is 1. The van der Waals surface area contributed by atoms with E-state index in [2.05, 4.69) is 10.6 Å². The molecule has 0 aliphatic heterocycles. The molecule has 0 aliphatic rings. The number of thioether (sulfide) groups is 1. The van der Waals surface area contributed by atoms with Gasteiger partial charge < -0.3 is 20.3 Å². The average molecular weight is 542 g/mol.